The molecule has 0 radical (unpaired) electrons. The van der Waals surface area contributed by atoms with E-state index in [0.717, 1.165) is 0 Å². The molecule has 2 saturated heterocycles. The van der Waals surface area contributed by atoms with E-state index in [-0.39, 0.29) is 30.0 Å². The van der Waals surface area contributed by atoms with E-state index in [1.807, 2.05) is 0 Å². The van der Waals surface area contributed by atoms with E-state index in [4.69, 9.17) is 17.3 Å². The number of piperidine rings is 1. The van der Waals surface area contributed by atoms with Gasteiger partial charge in [-0.3, -0.25) is 19.3 Å². The third kappa shape index (κ3) is 5.42. The normalized spacial score (nSPS) is 19.3. The molecule has 0 unspecified atom stereocenters. The predicted octanol–water partition coefficient (Wildman–Crippen LogP) is 3.13. The van der Waals surface area contributed by atoms with Crippen molar-refractivity contribution in [3.8, 4) is 0 Å². The Labute approximate surface area is 177 Å². The number of hydrogen-bond acceptors (Lipinski definition) is 5. The number of thiocarbonyl (C=S) groups is 1. The summed E-state index contributed by atoms with van der Waals surface area (Å²) >= 11 is 6.45. The van der Waals surface area contributed by atoms with Crippen LogP contribution < -0.4 is 0 Å². The summed E-state index contributed by atoms with van der Waals surface area (Å²) in [5.74, 6) is -1.83. The number of rotatable bonds is 6. The average Bonchev–Trinajstić information content (AvgIpc) is 2.95. The maximum Gasteiger partial charge on any atom is 0.306 e. The number of likely N-dealkylation sites (tertiary alicyclic amines) is 1. The molecule has 9 heteroatoms. The summed E-state index contributed by atoms with van der Waals surface area (Å²) in [6, 6.07) is 5.97. The Hall–Kier alpha value is -2.26. The Morgan fingerprint density at radius 2 is 2.03 bits per heavy atom. The first-order valence-electron chi connectivity index (χ1n) is 9.36. The first kappa shape index (κ1) is 21.4. The molecule has 2 fully saturated rings. The molecule has 1 aromatic carbocycles. The average molecular weight is 437 g/mol. The molecule has 0 spiro atoms. The van der Waals surface area contributed by atoms with Gasteiger partial charge in [-0.15, -0.1) is 0 Å². The Morgan fingerprint density at radius 3 is 2.69 bits per heavy atom. The fraction of sp³-hybridized carbons (Fsp3) is 0.400. The molecule has 29 heavy (non-hydrogen) atoms. The molecule has 0 atom stereocenters. The molecule has 154 valence electrons. The smallest absolute Gasteiger partial charge is 0.306 e. The summed E-state index contributed by atoms with van der Waals surface area (Å²) in [4.78, 5) is 39.5. The van der Waals surface area contributed by atoms with Gasteiger partial charge < -0.3 is 10.0 Å². The van der Waals surface area contributed by atoms with Crippen LogP contribution >= 0.6 is 24.0 Å². The van der Waals surface area contributed by atoms with Gasteiger partial charge in [-0.2, -0.15) is 0 Å². The summed E-state index contributed by atoms with van der Waals surface area (Å²) in [7, 11) is 0. The molecule has 1 N–H and O–H groups in total. The van der Waals surface area contributed by atoms with E-state index in [0.29, 0.717) is 53.7 Å². The van der Waals surface area contributed by atoms with Gasteiger partial charge in [-0.25, -0.2) is 4.39 Å². The van der Waals surface area contributed by atoms with Gasteiger partial charge in [0, 0.05) is 26.1 Å². The van der Waals surface area contributed by atoms with Crippen LogP contribution in [0.4, 0.5) is 4.39 Å². The summed E-state index contributed by atoms with van der Waals surface area (Å²) in [5.41, 5.74) is 0.588. The van der Waals surface area contributed by atoms with Crippen LogP contribution in [0.3, 0.4) is 0 Å². The minimum absolute atomic E-state index is 0.0328. The maximum absolute atomic E-state index is 13.3. The molecule has 6 nitrogen and oxygen atoms in total. The number of aliphatic carboxylic acids is 1. The number of carboxylic acid groups (broad SMARTS) is 1. The zero-order valence-corrected chi connectivity index (χ0v) is 17.3. The van der Waals surface area contributed by atoms with Gasteiger partial charge in [0.25, 0.3) is 5.91 Å². The third-order valence-electron chi connectivity index (χ3n) is 4.99. The largest absolute Gasteiger partial charge is 0.481 e. The number of hydrogen-bond donors (Lipinski definition) is 1. The SMILES string of the molecule is O=C(O)C1CCN(C(=O)CCCN2C(=O)C(=Cc3cccc(F)c3)SC2=S)CC1. The first-order valence-corrected chi connectivity index (χ1v) is 10.6. The molecule has 0 saturated carbocycles. The van der Waals surface area contributed by atoms with Crippen molar-refractivity contribution in [3.05, 3.63) is 40.6 Å². The summed E-state index contributed by atoms with van der Waals surface area (Å²) < 4.78 is 13.7. The number of nitrogens with zero attached hydrogens (tertiary/aromatic N) is 2. The molecule has 0 bridgehead atoms. The van der Waals surface area contributed by atoms with Crippen LogP contribution in [-0.2, 0) is 14.4 Å². The Morgan fingerprint density at radius 1 is 1.31 bits per heavy atom. The highest BCUT2D eigenvalue weighted by Gasteiger charge is 2.32. The van der Waals surface area contributed by atoms with E-state index in [9.17, 15) is 18.8 Å². The number of carbonyl (C=O) groups is 3. The van der Waals surface area contributed by atoms with Gasteiger partial charge in [0.2, 0.25) is 5.91 Å². The minimum Gasteiger partial charge on any atom is -0.481 e. The van der Waals surface area contributed by atoms with Crippen molar-refractivity contribution in [1.29, 1.82) is 0 Å². The van der Waals surface area contributed by atoms with E-state index < -0.39 is 5.97 Å². The summed E-state index contributed by atoms with van der Waals surface area (Å²) in [6.07, 6.45) is 3.30. The molecule has 3 rings (SSSR count). The quantitative estimate of drug-likeness (QED) is 0.545. The summed E-state index contributed by atoms with van der Waals surface area (Å²) in [6.45, 7) is 1.24. The van der Waals surface area contributed by atoms with E-state index in [1.54, 1.807) is 23.1 Å². The van der Waals surface area contributed by atoms with Crippen molar-refractivity contribution in [2.75, 3.05) is 19.6 Å². The third-order valence-corrected chi connectivity index (χ3v) is 6.37. The van der Waals surface area contributed by atoms with Crippen LogP contribution in [0.25, 0.3) is 6.08 Å². The van der Waals surface area contributed by atoms with Gasteiger partial charge in [-0.1, -0.05) is 36.1 Å². The number of amides is 2. The van der Waals surface area contributed by atoms with E-state index >= 15 is 0 Å². The lowest BCUT2D eigenvalue weighted by Crippen LogP contribution is -2.40. The lowest BCUT2D eigenvalue weighted by molar-refractivity contribution is -0.145. The molecule has 0 aliphatic carbocycles. The van der Waals surface area contributed by atoms with E-state index in [2.05, 4.69) is 0 Å². The summed E-state index contributed by atoms with van der Waals surface area (Å²) in [5, 5.41) is 9.03. The molecule has 2 aliphatic rings. The number of carbonyl (C=O) groups excluding carboxylic acids is 2. The second-order valence-electron chi connectivity index (χ2n) is 6.99. The van der Waals surface area contributed by atoms with Crippen molar-refractivity contribution in [2.45, 2.75) is 25.7 Å². The highest BCUT2D eigenvalue weighted by molar-refractivity contribution is 8.26. The van der Waals surface area contributed by atoms with Gasteiger partial charge in [0.1, 0.15) is 10.1 Å². The molecule has 0 aromatic heterocycles. The zero-order chi connectivity index (χ0) is 21.0. The van der Waals surface area contributed by atoms with Crippen LogP contribution in [0.2, 0.25) is 0 Å². The van der Waals surface area contributed by atoms with Crippen molar-refractivity contribution < 1.29 is 23.9 Å². The van der Waals surface area contributed by atoms with Crippen molar-refractivity contribution in [1.82, 2.24) is 9.80 Å². The lowest BCUT2D eigenvalue weighted by atomic mass is 9.97. The van der Waals surface area contributed by atoms with Crippen LogP contribution in [0.1, 0.15) is 31.2 Å². The lowest BCUT2D eigenvalue weighted by Gasteiger charge is -2.30. The fourth-order valence-corrected chi connectivity index (χ4v) is 4.67. The van der Waals surface area contributed by atoms with Crippen molar-refractivity contribution in [3.63, 3.8) is 0 Å². The van der Waals surface area contributed by atoms with Crippen LogP contribution in [0, 0.1) is 11.7 Å². The molecular weight excluding hydrogens is 415 g/mol. The molecule has 1 aromatic rings. The minimum atomic E-state index is -0.808. The van der Waals surface area contributed by atoms with Gasteiger partial charge in [0.05, 0.1) is 10.8 Å². The Bertz CT molecular complexity index is 866. The Balaban J connectivity index is 1.49. The monoisotopic (exact) mass is 436 g/mol. The van der Waals surface area contributed by atoms with Crippen molar-refractivity contribution >= 4 is 52.2 Å². The number of benzene rings is 1. The Kier molecular flexibility index (Phi) is 7.02. The van der Waals surface area contributed by atoms with Crippen molar-refractivity contribution in [2.24, 2.45) is 5.92 Å². The van der Waals surface area contributed by atoms with Crippen LogP contribution in [-0.4, -0.2) is 56.6 Å². The maximum atomic E-state index is 13.3. The molecule has 2 amide bonds. The van der Waals surface area contributed by atoms with E-state index in [1.165, 1.54) is 28.8 Å². The fourth-order valence-electron chi connectivity index (χ4n) is 3.36. The number of thioether (sulfide) groups is 1. The second-order valence-corrected chi connectivity index (χ2v) is 8.66. The molecule has 2 aliphatic heterocycles. The van der Waals surface area contributed by atoms with Gasteiger partial charge in [-0.05, 0) is 43.0 Å². The second kappa shape index (κ2) is 9.49. The molecular formula is C20H21FN2O4S2. The van der Waals surface area contributed by atoms with Gasteiger partial charge in [0.15, 0.2) is 0 Å². The van der Waals surface area contributed by atoms with Crippen LogP contribution in [0.15, 0.2) is 29.2 Å². The molecule has 2 heterocycles. The number of carboxylic acids is 1. The topological polar surface area (TPSA) is 77.9 Å². The number of halogens is 1. The predicted molar refractivity (Wildman–Crippen MR) is 112 cm³/mol. The highest BCUT2D eigenvalue weighted by Crippen LogP contribution is 2.32. The first-order chi connectivity index (χ1) is 13.8. The zero-order valence-electron chi connectivity index (χ0n) is 15.7. The van der Waals surface area contributed by atoms with Gasteiger partial charge >= 0.3 is 5.97 Å². The standard InChI is InChI=1S/C20H21FN2O4S2/c21-15-4-1-3-13(11-15)12-16-18(25)23(20(28)29-16)8-2-5-17(24)22-9-6-14(7-10-22)19(26)27/h1,3-4,11-12,14H,2,5-10H2,(H,26,27). The van der Waals surface area contributed by atoms with Crippen LogP contribution in [0.5, 0.6) is 0 Å². The highest BCUT2D eigenvalue weighted by atomic mass is 32.2.